The number of hydrogen-bond acceptors (Lipinski definition) is 7. The van der Waals surface area contributed by atoms with Crippen molar-refractivity contribution in [3.8, 4) is 0 Å². The molecule has 2 rings (SSSR count). The van der Waals surface area contributed by atoms with Gasteiger partial charge in [-0.05, 0) is 60.5 Å². The summed E-state index contributed by atoms with van der Waals surface area (Å²) < 4.78 is 36.6. The number of hydrogen-bond donors (Lipinski definition) is 1. The highest BCUT2D eigenvalue weighted by Gasteiger charge is 2.58. The van der Waals surface area contributed by atoms with Crippen LogP contribution in [0.3, 0.4) is 0 Å². The van der Waals surface area contributed by atoms with E-state index in [9.17, 15) is 23.5 Å². The standard InChI is InChI=1S/C20H30FN3O5S2/c1-18(2,3)29-17(25)23(7)31(28)20(10-11-20)16(22-30-19(4,5)6)14-12-13(24(26)27)8-9-15(14)21/h8-9,12,16,22H,10-11H2,1-7H3. The molecule has 0 radical (unpaired) electrons. The van der Waals surface area contributed by atoms with E-state index in [2.05, 4.69) is 4.72 Å². The van der Waals surface area contributed by atoms with Crippen molar-refractivity contribution in [2.45, 2.75) is 75.5 Å². The van der Waals surface area contributed by atoms with E-state index >= 15 is 0 Å². The average Bonchev–Trinajstić information content (AvgIpc) is 3.41. The summed E-state index contributed by atoms with van der Waals surface area (Å²) in [4.78, 5) is 23.1. The first kappa shape index (κ1) is 25.5. The molecule has 31 heavy (non-hydrogen) atoms. The van der Waals surface area contributed by atoms with E-state index in [1.165, 1.54) is 25.1 Å². The number of nitrogens with zero attached hydrogens (tertiary/aromatic N) is 2. The number of ether oxygens (including phenoxy) is 1. The molecule has 11 heteroatoms. The number of carbonyl (C=O) groups is 1. The van der Waals surface area contributed by atoms with Crippen LogP contribution < -0.4 is 4.72 Å². The maximum Gasteiger partial charge on any atom is 0.422 e. The van der Waals surface area contributed by atoms with Crippen LogP contribution in [-0.4, -0.2) is 41.7 Å². The molecule has 0 aromatic heterocycles. The molecule has 1 aliphatic carbocycles. The van der Waals surface area contributed by atoms with E-state index < -0.39 is 44.2 Å². The third kappa shape index (κ3) is 6.39. The highest BCUT2D eigenvalue weighted by atomic mass is 32.2. The number of nitrogens with one attached hydrogen (secondary N) is 1. The molecule has 1 aromatic carbocycles. The van der Waals surface area contributed by atoms with Gasteiger partial charge in [-0.25, -0.2) is 17.7 Å². The van der Waals surface area contributed by atoms with E-state index in [-0.39, 0.29) is 16.0 Å². The van der Waals surface area contributed by atoms with Gasteiger partial charge in [0.25, 0.3) is 5.69 Å². The molecule has 0 saturated heterocycles. The molecule has 8 nitrogen and oxygen atoms in total. The molecule has 174 valence electrons. The van der Waals surface area contributed by atoms with Gasteiger partial charge in [0.1, 0.15) is 22.4 Å². The minimum absolute atomic E-state index is 0.0504. The van der Waals surface area contributed by atoms with Gasteiger partial charge in [0, 0.05) is 29.5 Å². The molecule has 1 aromatic rings. The molecule has 0 spiro atoms. The van der Waals surface area contributed by atoms with Crippen molar-refractivity contribution in [1.82, 2.24) is 9.03 Å². The second kappa shape index (κ2) is 9.03. The molecule has 1 saturated carbocycles. The normalized spacial score (nSPS) is 17.5. The summed E-state index contributed by atoms with van der Waals surface area (Å²) in [6.45, 7) is 11.0. The summed E-state index contributed by atoms with van der Waals surface area (Å²) in [6, 6.07) is 2.49. The van der Waals surface area contributed by atoms with E-state index in [1.807, 2.05) is 20.8 Å². The van der Waals surface area contributed by atoms with Gasteiger partial charge in [-0.3, -0.25) is 14.8 Å². The number of benzene rings is 1. The molecule has 0 heterocycles. The lowest BCUT2D eigenvalue weighted by Crippen LogP contribution is -2.45. The average molecular weight is 476 g/mol. The largest absolute Gasteiger partial charge is 0.443 e. The molecule has 1 amide bonds. The van der Waals surface area contributed by atoms with E-state index in [1.54, 1.807) is 20.8 Å². The Kier molecular flexibility index (Phi) is 7.44. The van der Waals surface area contributed by atoms with Gasteiger partial charge in [0.05, 0.1) is 15.7 Å². The minimum atomic E-state index is -1.87. The first-order chi connectivity index (χ1) is 14.1. The zero-order chi connectivity index (χ0) is 23.8. The summed E-state index contributed by atoms with van der Waals surface area (Å²) in [7, 11) is -0.490. The van der Waals surface area contributed by atoms with Crippen LogP contribution in [0.2, 0.25) is 0 Å². The Balaban J connectivity index is 2.44. The molecular weight excluding hydrogens is 445 g/mol. The van der Waals surface area contributed by atoms with Crippen LogP contribution in [0.15, 0.2) is 18.2 Å². The van der Waals surface area contributed by atoms with Crippen LogP contribution in [0.25, 0.3) is 0 Å². The first-order valence-corrected chi connectivity index (χ1v) is 11.8. The predicted octanol–water partition coefficient (Wildman–Crippen LogP) is 4.87. The Morgan fingerprint density at radius 3 is 2.35 bits per heavy atom. The van der Waals surface area contributed by atoms with Crippen LogP contribution in [0.4, 0.5) is 14.9 Å². The van der Waals surface area contributed by atoms with Crippen LogP contribution >= 0.6 is 11.9 Å². The third-order valence-corrected chi connectivity index (χ3v) is 7.45. The van der Waals surface area contributed by atoms with E-state index in [0.717, 1.165) is 16.4 Å². The summed E-state index contributed by atoms with van der Waals surface area (Å²) in [6.07, 6.45) is 0.160. The smallest absolute Gasteiger partial charge is 0.422 e. The van der Waals surface area contributed by atoms with E-state index in [4.69, 9.17) is 4.74 Å². The lowest BCUT2D eigenvalue weighted by Gasteiger charge is -2.33. The molecule has 2 unspecified atom stereocenters. The number of carbonyl (C=O) groups excluding carboxylic acids is 1. The Bertz CT molecular complexity index is 879. The number of halogens is 1. The SMILES string of the molecule is CN(C(=O)OC(C)(C)C)S(=O)C1(C(NSC(C)(C)C)c2cc([N+](=O)[O-])ccc2F)CC1. The van der Waals surface area contributed by atoms with Gasteiger partial charge in [-0.2, -0.15) is 0 Å². The van der Waals surface area contributed by atoms with Crippen LogP contribution in [0.5, 0.6) is 0 Å². The van der Waals surface area contributed by atoms with Crippen LogP contribution in [-0.2, 0) is 15.7 Å². The van der Waals surface area contributed by atoms with Crippen molar-refractivity contribution >= 4 is 34.7 Å². The highest BCUT2D eigenvalue weighted by Crippen LogP contribution is 2.53. The molecule has 0 aliphatic heterocycles. The van der Waals surface area contributed by atoms with Crippen LogP contribution in [0.1, 0.15) is 66.0 Å². The topological polar surface area (TPSA) is 102 Å². The molecule has 1 N–H and O–H groups in total. The Morgan fingerprint density at radius 1 is 1.32 bits per heavy atom. The molecule has 0 bridgehead atoms. The first-order valence-electron chi connectivity index (χ1n) is 9.83. The van der Waals surface area contributed by atoms with Crippen molar-refractivity contribution in [3.05, 3.63) is 39.7 Å². The molecule has 1 fully saturated rings. The van der Waals surface area contributed by atoms with Gasteiger partial charge in [-0.1, -0.05) is 11.9 Å². The number of nitro groups is 1. The van der Waals surface area contributed by atoms with Crippen molar-refractivity contribution < 1.29 is 23.1 Å². The molecular formula is C20H30FN3O5S2. The van der Waals surface area contributed by atoms with Gasteiger partial charge in [0.2, 0.25) is 0 Å². The monoisotopic (exact) mass is 475 g/mol. The Morgan fingerprint density at radius 2 is 1.90 bits per heavy atom. The number of amides is 1. The van der Waals surface area contributed by atoms with Crippen LogP contribution in [0, 0.1) is 15.9 Å². The summed E-state index contributed by atoms with van der Waals surface area (Å²) >= 11 is 1.32. The van der Waals surface area contributed by atoms with Crippen molar-refractivity contribution in [2.75, 3.05) is 7.05 Å². The van der Waals surface area contributed by atoms with Gasteiger partial charge in [-0.15, -0.1) is 0 Å². The number of rotatable bonds is 7. The maximum absolute atomic E-state index is 14.8. The van der Waals surface area contributed by atoms with Gasteiger partial charge < -0.3 is 4.74 Å². The number of nitro benzene ring substituents is 1. The lowest BCUT2D eigenvalue weighted by molar-refractivity contribution is -0.385. The van der Waals surface area contributed by atoms with Gasteiger partial charge in [0.15, 0.2) is 0 Å². The van der Waals surface area contributed by atoms with Crippen molar-refractivity contribution in [1.29, 1.82) is 0 Å². The van der Waals surface area contributed by atoms with E-state index in [0.29, 0.717) is 12.8 Å². The summed E-state index contributed by atoms with van der Waals surface area (Å²) in [5.41, 5.74) is -0.974. The highest BCUT2D eigenvalue weighted by molar-refractivity contribution is 7.98. The Labute approximate surface area is 189 Å². The fourth-order valence-corrected chi connectivity index (χ4v) is 5.37. The summed E-state index contributed by atoms with van der Waals surface area (Å²) in [5, 5.41) is 11.3. The zero-order valence-corrected chi connectivity index (χ0v) is 20.5. The van der Waals surface area contributed by atoms with Crippen molar-refractivity contribution in [3.63, 3.8) is 0 Å². The number of non-ortho nitro benzene ring substituents is 1. The third-order valence-electron chi connectivity index (χ3n) is 4.50. The maximum atomic E-state index is 14.8. The minimum Gasteiger partial charge on any atom is -0.443 e. The second-order valence-corrected chi connectivity index (χ2v) is 13.0. The summed E-state index contributed by atoms with van der Waals surface area (Å²) in [5.74, 6) is -0.638. The zero-order valence-electron chi connectivity index (χ0n) is 18.9. The lowest BCUT2D eigenvalue weighted by atomic mass is 10.0. The fraction of sp³-hybridized carbons (Fsp3) is 0.650. The van der Waals surface area contributed by atoms with Crippen molar-refractivity contribution in [2.24, 2.45) is 0 Å². The predicted molar refractivity (Wildman–Crippen MR) is 120 cm³/mol. The van der Waals surface area contributed by atoms with Gasteiger partial charge >= 0.3 is 6.09 Å². The quantitative estimate of drug-likeness (QED) is 0.341. The Hall–Kier alpha value is -1.72. The second-order valence-electron chi connectivity index (χ2n) is 9.52. The molecule has 1 aliphatic rings. The fourth-order valence-electron chi connectivity index (χ4n) is 2.91. The molecule has 2 atom stereocenters.